The van der Waals surface area contributed by atoms with Gasteiger partial charge in [0.15, 0.2) is 16.7 Å². The number of thioether (sulfide) groups is 1. The van der Waals surface area contributed by atoms with Gasteiger partial charge in [-0.1, -0.05) is 0 Å². The summed E-state index contributed by atoms with van der Waals surface area (Å²) in [5.41, 5.74) is 0.489. The molecule has 1 aliphatic heterocycles. The molecule has 0 spiro atoms. The molecular weight excluding hydrogens is 318 g/mol. The molecule has 1 aromatic carbocycles. The molecule has 1 aromatic rings. The summed E-state index contributed by atoms with van der Waals surface area (Å²) in [6.45, 7) is -3.02. The molecule has 1 saturated heterocycles. The maximum Gasteiger partial charge on any atom is 0.387 e. The van der Waals surface area contributed by atoms with Crippen LogP contribution in [-0.2, 0) is 4.79 Å². The Balaban J connectivity index is 2.44. The third kappa shape index (κ3) is 3.48. The quantitative estimate of drug-likeness (QED) is 0.811. The Kier molecular flexibility index (Phi) is 4.86. The number of methoxy groups -OCH3 is 2. The van der Waals surface area contributed by atoms with Gasteiger partial charge in [0, 0.05) is 0 Å². The fourth-order valence-corrected chi connectivity index (χ4v) is 2.48. The first-order valence-electron chi connectivity index (χ1n) is 5.95. The second kappa shape index (κ2) is 6.65. The number of alkyl halides is 2. The van der Waals surface area contributed by atoms with Crippen LogP contribution < -0.4 is 19.5 Å². The predicted molar refractivity (Wildman–Crippen MR) is 77.6 cm³/mol. The molecule has 0 bridgehead atoms. The summed E-state index contributed by atoms with van der Waals surface area (Å²) < 4.78 is 39.3. The molecule has 0 radical (unpaired) electrons. The van der Waals surface area contributed by atoms with E-state index in [2.05, 4.69) is 10.1 Å². The van der Waals surface area contributed by atoms with Gasteiger partial charge in [-0.25, -0.2) is 0 Å². The lowest BCUT2D eigenvalue weighted by molar-refractivity contribution is -0.115. The van der Waals surface area contributed by atoms with E-state index in [1.807, 2.05) is 0 Å². The van der Waals surface area contributed by atoms with E-state index >= 15 is 0 Å². The van der Waals surface area contributed by atoms with Gasteiger partial charge in [-0.15, -0.1) is 0 Å². The Morgan fingerprint density at radius 3 is 2.27 bits per heavy atom. The number of hydrogen-bond donors (Lipinski definition) is 2. The number of rotatable bonds is 5. The summed E-state index contributed by atoms with van der Waals surface area (Å²) in [6, 6.07) is 2.87. The first-order valence-corrected chi connectivity index (χ1v) is 6.76. The normalized spacial score (nSPS) is 16.1. The minimum absolute atomic E-state index is 0.0211. The van der Waals surface area contributed by atoms with Crippen LogP contribution in [0.1, 0.15) is 5.56 Å². The number of halogens is 2. The van der Waals surface area contributed by atoms with Crippen molar-refractivity contribution in [2.75, 3.05) is 14.2 Å². The van der Waals surface area contributed by atoms with Gasteiger partial charge in [-0.05, 0) is 35.5 Å². The van der Waals surface area contributed by atoms with E-state index in [1.165, 1.54) is 32.4 Å². The third-order valence-corrected chi connectivity index (χ3v) is 3.48. The monoisotopic (exact) mass is 330 g/mol. The van der Waals surface area contributed by atoms with Crippen LogP contribution >= 0.6 is 11.8 Å². The smallest absolute Gasteiger partial charge is 0.387 e. The summed E-state index contributed by atoms with van der Waals surface area (Å²) in [4.78, 5) is 11.9. The fraction of sp³-hybridized carbons (Fsp3) is 0.231. The molecule has 0 atom stereocenters. The predicted octanol–water partition coefficient (Wildman–Crippen LogP) is 2.44. The molecule has 0 unspecified atom stereocenters. The minimum Gasteiger partial charge on any atom is -0.493 e. The van der Waals surface area contributed by atoms with Crippen LogP contribution in [0, 0.1) is 5.41 Å². The van der Waals surface area contributed by atoms with Crippen molar-refractivity contribution in [3.05, 3.63) is 22.6 Å². The zero-order chi connectivity index (χ0) is 16.3. The molecule has 2 rings (SSSR count). The molecule has 0 aromatic heterocycles. The van der Waals surface area contributed by atoms with Gasteiger partial charge in [-0.2, -0.15) is 8.78 Å². The van der Waals surface area contributed by atoms with E-state index in [-0.39, 0.29) is 22.4 Å². The summed E-state index contributed by atoms with van der Waals surface area (Å²) in [6.07, 6.45) is 1.50. The highest BCUT2D eigenvalue weighted by Crippen LogP contribution is 2.40. The summed E-state index contributed by atoms with van der Waals surface area (Å²) >= 11 is 0.961. The van der Waals surface area contributed by atoms with Gasteiger partial charge in [0.05, 0.1) is 19.1 Å². The molecule has 0 aliphatic carbocycles. The van der Waals surface area contributed by atoms with Gasteiger partial charge in [0.25, 0.3) is 5.91 Å². The third-order valence-electron chi connectivity index (χ3n) is 2.65. The number of ether oxygens (including phenoxy) is 3. The van der Waals surface area contributed by atoms with Crippen molar-refractivity contribution in [3.8, 4) is 17.2 Å². The van der Waals surface area contributed by atoms with Crippen LogP contribution in [0.3, 0.4) is 0 Å². The molecule has 22 heavy (non-hydrogen) atoms. The summed E-state index contributed by atoms with van der Waals surface area (Å²) in [5, 5.41) is 9.74. The van der Waals surface area contributed by atoms with Gasteiger partial charge in [0.1, 0.15) is 0 Å². The molecule has 2 N–H and O–H groups in total. The van der Waals surface area contributed by atoms with Crippen LogP contribution in [0.15, 0.2) is 17.0 Å². The highest BCUT2D eigenvalue weighted by molar-refractivity contribution is 8.18. The maximum absolute atomic E-state index is 12.5. The van der Waals surface area contributed by atoms with Crippen LogP contribution in [-0.4, -0.2) is 31.9 Å². The molecule has 1 aliphatic rings. The molecule has 6 nitrogen and oxygen atoms in total. The van der Waals surface area contributed by atoms with E-state index in [0.29, 0.717) is 10.5 Å². The zero-order valence-corrected chi connectivity index (χ0v) is 12.4. The second-order valence-electron chi connectivity index (χ2n) is 4.03. The van der Waals surface area contributed by atoms with Gasteiger partial charge < -0.3 is 19.5 Å². The number of amides is 1. The lowest BCUT2D eigenvalue weighted by Gasteiger charge is -2.14. The maximum atomic E-state index is 12.5. The SMILES string of the molecule is COc1cc(C=C2SC(=N)NC2=O)cc(OC)c1OC(F)F. The molecule has 9 heteroatoms. The average molecular weight is 330 g/mol. The molecule has 0 saturated carbocycles. The van der Waals surface area contributed by atoms with E-state index in [9.17, 15) is 13.6 Å². The highest BCUT2D eigenvalue weighted by Gasteiger charge is 2.23. The van der Waals surface area contributed by atoms with Crippen LogP contribution in [0.5, 0.6) is 17.2 Å². The van der Waals surface area contributed by atoms with Crippen molar-refractivity contribution in [3.63, 3.8) is 0 Å². The lowest BCUT2D eigenvalue weighted by atomic mass is 10.1. The average Bonchev–Trinajstić information content (AvgIpc) is 2.77. The first kappa shape index (κ1) is 16.1. The van der Waals surface area contributed by atoms with Gasteiger partial charge in [-0.3, -0.25) is 10.2 Å². The van der Waals surface area contributed by atoms with Crippen LogP contribution in [0.2, 0.25) is 0 Å². The largest absolute Gasteiger partial charge is 0.493 e. The van der Waals surface area contributed by atoms with E-state index in [0.717, 1.165) is 11.8 Å². The van der Waals surface area contributed by atoms with Crippen molar-refractivity contribution >= 4 is 28.9 Å². The minimum atomic E-state index is -3.02. The lowest BCUT2D eigenvalue weighted by Crippen LogP contribution is -2.18. The fourth-order valence-electron chi connectivity index (χ4n) is 1.78. The Bertz CT molecular complexity index is 624. The van der Waals surface area contributed by atoms with Gasteiger partial charge in [0.2, 0.25) is 5.75 Å². The number of carbonyl (C=O) groups is 1. The molecule has 1 fully saturated rings. The van der Waals surface area contributed by atoms with Crippen LogP contribution in [0.4, 0.5) is 8.78 Å². The number of hydrogen-bond acceptors (Lipinski definition) is 6. The number of amidine groups is 1. The first-order chi connectivity index (χ1) is 10.4. The van der Waals surface area contributed by atoms with Crippen molar-refractivity contribution in [2.24, 2.45) is 0 Å². The van der Waals surface area contributed by atoms with Gasteiger partial charge >= 0.3 is 6.61 Å². The molecule has 1 amide bonds. The van der Waals surface area contributed by atoms with E-state index in [4.69, 9.17) is 14.9 Å². The summed E-state index contributed by atoms with van der Waals surface area (Å²) in [5.74, 6) is -0.533. The van der Waals surface area contributed by atoms with Crippen molar-refractivity contribution in [2.45, 2.75) is 6.61 Å². The molecular formula is C13H12F2N2O4S. The van der Waals surface area contributed by atoms with Crippen molar-refractivity contribution in [1.82, 2.24) is 5.32 Å². The standard InChI is InChI=1S/C13H12F2N2O4S/c1-19-7-3-6(5-9-11(18)17-13(16)22-9)4-8(20-2)10(7)21-12(14)15/h3-5,12H,1-2H3,(H2,16,17,18). The van der Waals surface area contributed by atoms with Crippen molar-refractivity contribution < 1.29 is 27.8 Å². The number of carbonyl (C=O) groups excluding carboxylic acids is 1. The van der Waals surface area contributed by atoms with Crippen molar-refractivity contribution in [1.29, 1.82) is 5.41 Å². The zero-order valence-electron chi connectivity index (χ0n) is 11.6. The Labute approximate surface area is 128 Å². The summed E-state index contributed by atoms with van der Waals surface area (Å²) in [7, 11) is 2.60. The molecule has 118 valence electrons. The van der Waals surface area contributed by atoms with Crippen LogP contribution in [0.25, 0.3) is 6.08 Å². The highest BCUT2D eigenvalue weighted by atomic mass is 32.2. The Morgan fingerprint density at radius 2 is 1.86 bits per heavy atom. The van der Waals surface area contributed by atoms with E-state index in [1.54, 1.807) is 0 Å². The Morgan fingerprint density at radius 1 is 1.27 bits per heavy atom. The Hall–Kier alpha value is -2.29. The molecule has 1 heterocycles. The topological polar surface area (TPSA) is 80.6 Å². The second-order valence-corrected chi connectivity index (χ2v) is 5.08. The number of benzene rings is 1. The number of nitrogens with one attached hydrogen (secondary N) is 2. The van der Waals surface area contributed by atoms with E-state index < -0.39 is 12.5 Å².